The number of hydrogen-bond donors (Lipinski definition) is 0. The lowest BCUT2D eigenvalue weighted by atomic mass is 10.2. The van der Waals surface area contributed by atoms with Crippen LogP contribution in [-0.2, 0) is 0 Å². The van der Waals surface area contributed by atoms with Crippen LogP contribution in [0.2, 0.25) is 0 Å². The Kier molecular flexibility index (Phi) is 3.63. The Morgan fingerprint density at radius 1 is 1.39 bits per heavy atom. The normalized spacial score (nSPS) is 11.6. The maximum Gasteiger partial charge on any atom is 0.136 e. The molecule has 18 heavy (non-hydrogen) atoms. The maximum atomic E-state index is 4.68. The molecule has 0 fully saturated rings. The first-order valence-electron chi connectivity index (χ1n) is 5.67. The Morgan fingerprint density at radius 2 is 2.17 bits per heavy atom. The van der Waals surface area contributed by atoms with Gasteiger partial charge in [0.1, 0.15) is 5.82 Å². The molecule has 0 saturated heterocycles. The van der Waals surface area contributed by atoms with Gasteiger partial charge in [-0.3, -0.25) is 0 Å². The molecule has 92 valence electrons. The highest BCUT2D eigenvalue weighted by Gasteiger charge is 2.06. The summed E-state index contributed by atoms with van der Waals surface area (Å²) >= 11 is 1.69. The zero-order chi connectivity index (χ0) is 13.1. The van der Waals surface area contributed by atoms with Gasteiger partial charge in [-0.1, -0.05) is 31.4 Å². The lowest BCUT2D eigenvalue weighted by Gasteiger charge is -2.13. The van der Waals surface area contributed by atoms with Crippen molar-refractivity contribution in [3.05, 3.63) is 46.7 Å². The molecule has 0 spiro atoms. The fourth-order valence-electron chi connectivity index (χ4n) is 1.77. The van der Waals surface area contributed by atoms with Crippen molar-refractivity contribution in [2.24, 2.45) is 0 Å². The van der Waals surface area contributed by atoms with Crippen LogP contribution in [0.4, 0.5) is 5.82 Å². The molecule has 0 N–H and O–H groups in total. The van der Waals surface area contributed by atoms with Gasteiger partial charge in [-0.15, -0.1) is 11.3 Å². The number of nitrogens with zero attached hydrogens (tertiary/aromatic N) is 2. The standard InChI is InChI=1S/C15H16N2S/c1-5-7-12-10-13(14-8-6-9-18-14)16-15(11(12)2)17(3)4/h5-10H,1-2H2,3-4H3/b12-7-. The van der Waals surface area contributed by atoms with Gasteiger partial charge in [0.15, 0.2) is 0 Å². The van der Waals surface area contributed by atoms with Crippen LogP contribution in [0.15, 0.2) is 36.2 Å². The minimum atomic E-state index is 0.897. The highest BCUT2D eigenvalue weighted by molar-refractivity contribution is 7.13. The summed E-state index contributed by atoms with van der Waals surface area (Å²) in [6.07, 6.45) is 3.75. The first-order chi connectivity index (χ1) is 8.63. The zero-order valence-corrected chi connectivity index (χ0v) is 11.5. The van der Waals surface area contributed by atoms with Crippen LogP contribution in [0.5, 0.6) is 0 Å². The Balaban J connectivity index is 2.75. The third-order valence-corrected chi connectivity index (χ3v) is 3.52. The number of pyridine rings is 1. The predicted molar refractivity (Wildman–Crippen MR) is 81.3 cm³/mol. The van der Waals surface area contributed by atoms with Gasteiger partial charge in [0.25, 0.3) is 0 Å². The van der Waals surface area contributed by atoms with Gasteiger partial charge in [-0.25, -0.2) is 4.98 Å². The fraction of sp³-hybridized carbons (Fsp3) is 0.133. The van der Waals surface area contributed by atoms with Gasteiger partial charge in [0.2, 0.25) is 0 Å². The molecule has 2 heterocycles. The van der Waals surface area contributed by atoms with E-state index in [9.17, 15) is 0 Å². The SMILES string of the molecule is C=C/C=c1/cc(-c2cccs2)nc(N(C)C)c1=C. The number of aromatic nitrogens is 1. The van der Waals surface area contributed by atoms with Crippen molar-refractivity contribution in [3.63, 3.8) is 0 Å². The maximum absolute atomic E-state index is 4.68. The molecule has 3 heteroatoms. The second-order valence-corrected chi connectivity index (χ2v) is 5.12. The van der Waals surface area contributed by atoms with Crippen molar-refractivity contribution in [1.29, 1.82) is 0 Å². The largest absolute Gasteiger partial charge is 0.362 e. The third-order valence-electron chi connectivity index (χ3n) is 2.63. The molecule has 0 aromatic carbocycles. The van der Waals surface area contributed by atoms with E-state index in [4.69, 9.17) is 0 Å². The molecule has 0 saturated carbocycles. The minimum Gasteiger partial charge on any atom is -0.362 e. The summed E-state index contributed by atoms with van der Waals surface area (Å²) in [5.74, 6) is 0.897. The molecule has 2 aromatic heterocycles. The predicted octanol–water partition coefficient (Wildman–Crippen LogP) is 2.25. The Hall–Kier alpha value is -1.87. The molecular formula is C15H16N2S. The van der Waals surface area contributed by atoms with Crippen molar-refractivity contribution in [1.82, 2.24) is 4.98 Å². The number of hydrogen-bond acceptors (Lipinski definition) is 3. The topological polar surface area (TPSA) is 16.1 Å². The van der Waals surface area contributed by atoms with E-state index in [0.29, 0.717) is 0 Å². The molecule has 0 aliphatic rings. The first-order valence-corrected chi connectivity index (χ1v) is 6.55. The van der Waals surface area contributed by atoms with Crippen LogP contribution >= 0.6 is 11.3 Å². The molecule has 0 aliphatic carbocycles. The second kappa shape index (κ2) is 5.19. The van der Waals surface area contributed by atoms with E-state index in [-0.39, 0.29) is 0 Å². The monoisotopic (exact) mass is 256 g/mol. The van der Waals surface area contributed by atoms with E-state index in [0.717, 1.165) is 26.8 Å². The van der Waals surface area contributed by atoms with Crippen LogP contribution in [0.1, 0.15) is 0 Å². The summed E-state index contributed by atoms with van der Waals surface area (Å²) in [6.45, 7) is 7.85. The molecule has 0 amide bonds. The lowest BCUT2D eigenvalue weighted by molar-refractivity contribution is 1.05. The zero-order valence-electron chi connectivity index (χ0n) is 10.7. The van der Waals surface area contributed by atoms with Gasteiger partial charge >= 0.3 is 0 Å². The molecule has 0 aliphatic heterocycles. The van der Waals surface area contributed by atoms with Gasteiger partial charge in [-0.05, 0) is 22.7 Å². The number of anilines is 1. The van der Waals surface area contributed by atoms with Crippen molar-refractivity contribution >= 4 is 29.8 Å². The van der Waals surface area contributed by atoms with E-state index in [2.05, 4.69) is 35.7 Å². The summed E-state index contributed by atoms with van der Waals surface area (Å²) in [5.41, 5.74) is 0.981. The molecule has 0 radical (unpaired) electrons. The Morgan fingerprint density at radius 3 is 2.72 bits per heavy atom. The minimum absolute atomic E-state index is 0.897. The Labute approximate surface area is 111 Å². The van der Waals surface area contributed by atoms with Crippen LogP contribution in [0, 0.1) is 0 Å². The molecule has 2 nitrogen and oxygen atoms in total. The fourth-order valence-corrected chi connectivity index (χ4v) is 2.46. The van der Waals surface area contributed by atoms with E-state index < -0.39 is 0 Å². The van der Waals surface area contributed by atoms with Gasteiger partial charge in [-0.2, -0.15) is 0 Å². The molecule has 2 aromatic rings. The summed E-state index contributed by atoms with van der Waals surface area (Å²) in [5, 5.41) is 4.05. The van der Waals surface area contributed by atoms with E-state index in [1.807, 2.05) is 31.1 Å². The summed E-state index contributed by atoms with van der Waals surface area (Å²) < 4.78 is 0. The van der Waals surface area contributed by atoms with E-state index in [1.165, 1.54) is 0 Å². The van der Waals surface area contributed by atoms with Crippen molar-refractivity contribution in [2.45, 2.75) is 0 Å². The smallest absolute Gasteiger partial charge is 0.136 e. The average Bonchev–Trinajstić information content (AvgIpc) is 2.85. The number of rotatable bonds is 3. The summed E-state index contributed by atoms with van der Waals surface area (Å²) in [6, 6.07) is 6.17. The van der Waals surface area contributed by atoms with Crippen LogP contribution < -0.4 is 15.3 Å². The third kappa shape index (κ3) is 2.36. The van der Waals surface area contributed by atoms with Crippen molar-refractivity contribution in [2.75, 3.05) is 19.0 Å². The quantitative estimate of drug-likeness (QED) is 0.837. The highest BCUT2D eigenvalue weighted by atomic mass is 32.1. The van der Waals surface area contributed by atoms with Crippen LogP contribution in [0.3, 0.4) is 0 Å². The molecular weight excluding hydrogens is 240 g/mol. The first kappa shape index (κ1) is 12.6. The van der Waals surface area contributed by atoms with E-state index in [1.54, 1.807) is 17.4 Å². The average molecular weight is 256 g/mol. The second-order valence-electron chi connectivity index (χ2n) is 4.17. The molecule has 0 bridgehead atoms. The van der Waals surface area contributed by atoms with Gasteiger partial charge in [0.05, 0.1) is 10.6 Å². The Bertz CT molecular complexity index is 655. The molecule has 0 atom stereocenters. The molecule has 0 unspecified atom stereocenters. The number of allylic oxidation sites excluding steroid dienone is 1. The van der Waals surface area contributed by atoms with E-state index >= 15 is 0 Å². The van der Waals surface area contributed by atoms with Gasteiger partial charge < -0.3 is 4.90 Å². The molecule has 2 rings (SSSR count). The number of thiophene rings is 1. The van der Waals surface area contributed by atoms with Crippen molar-refractivity contribution < 1.29 is 0 Å². The van der Waals surface area contributed by atoms with Gasteiger partial charge in [0, 0.05) is 19.3 Å². The lowest BCUT2D eigenvalue weighted by Crippen LogP contribution is -2.31. The van der Waals surface area contributed by atoms with Crippen LogP contribution in [0.25, 0.3) is 23.2 Å². The summed E-state index contributed by atoms with van der Waals surface area (Å²) in [7, 11) is 3.96. The summed E-state index contributed by atoms with van der Waals surface area (Å²) in [4.78, 5) is 7.83. The highest BCUT2D eigenvalue weighted by Crippen LogP contribution is 2.21. The van der Waals surface area contributed by atoms with Crippen LogP contribution in [-0.4, -0.2) is 19.1 Å². The van der Waals surface area contributed by atoms with Crippen molar-refractivity contribution in [3.8, 4) is 10.6 Å².